The smallest absolute Gasteiger partial charge is 0.322 e. The molecule has 0 spiro atoms. The van der Waals surface area contributed by atoms with Crippen LogP contribution in [-0.2, 0) is 0 Å². The van der Waals surface area contributed by atoms with Crippen LogP contribution in [-0.4, -0.2) is 66.1 Å². The SMILES string of the molecule is Cc1nc(N2CCCC(C)C2)oc1C(=O)Nc1ccc(N2CCN(C(=O)Nc3ccccc3F)CC2)nc1. The summed E-state index contributed by atoms with van der Waals surface area (Å²) in [5.41, 5.74) is 1.26. The predicted octanol–water partition coefficient (Wildman–Crippen LogP) is 4.36. The van der Waals surface area contributed by atoms with Crippen molar-refractivity contribution in [2.24, 2.45) is 5.92 Å². The highest BCUT2D eigenvalue weighted by molar-refractivity contribution is 6.03. The van der Waals surface area contributed by atoms with Crippen LogP contribution >= 0.6 is 0 Å². The molecule has 2 saturated heterocycles. The van der Waals surface area contributed by atoms with E-state index in [1.54, 1.807) is 36.2 Å². The number of aryl methyl sites for hydroxylation is 1. The fourth-order valence-electron chi connectivity index (χ4n) is 4.82. The maximum absolute atomic E-state index is 13.8. The van der Waals surface area contributed by atoms with Crippen LogP contribution in [0.1, 0.15) is 36.0 Å². The highest BCUT2D eigenvalue weighted by atomic mass is 19.1. The average Bonchev–Trinajstić information content (AvgIpc) is 3.32. The summed E-state index contributed by atoms with van der Waals surface area (Å²) in [4.78, 5) is 40.2. The third-order valence-corrected chi connectivity index (χ3v) is 6.93. The van der Waals surface area contributed by atoms with Crippen molar-refractivity contribution in [3.05, 3.63) is 59.9 Å². The lowest BCUT2D eigenvalue weighted by atomic mass is 10.0. The van der Waals surface area contributed by atoms with E-state index in [0.29, 0.717) is 49.5 Å². The molecule has 1 atom stereocenters. The summed E-state index contributed by atoms with van der Waals surface area (Å²) in [6, 6.07) is 9.88. The number of para-hydroxylation sites is 1. The number of piperidine rings is 1. The lowest BCUT2D eigenvalue weighted by Crippen LogP contribution is -2.50. The van der Waals surface area contributed by atoms with Gasteiger partial charge in [0.05, 0.1) is 23.3 Å². The maximum Gasteiger partial charge on any atom is 0.322 e. The van der Waals surface area contributed by atoms with E-state index in [4.69, 9.17) is 4.42 Å². The molecule has 2 aliphatic heterocycles. The Morgan fingerprint density at radius 2 is 1.82 bits per heavy atom. The van der Waals surface area contributed by atoms with E-state index < -0.39 is 5.82 Å². The Morgan fingerprint density at radius 3 is 2.53 bits per heavy atom. The van der Waals surface area contributed by atoms with Crippen LogP contribution in [0.2, 0.25) is 0 Å². The zero-order chi connectivity index (χ0) is 26.6. The molecule has 200 valence electrons. The van der Waals surface area contributed by atoms with Crippen LogP contribution in [0.3, 0.4) is 0 Å². The number of piperazine rings is 1. The third-order valence-electron chi connectivity index (χ3n) is 6.93. The zero-order valence-corrected chi connectivity index (χ0v) is 21.6. The molecule has 2 aromatic heterocycles. The topological polar surface area (TPSA) is 107 Å². The van der Waals surface area contributed by atoms with Crippen LogP contribution in [0.25, 0.3) is 0 Å². The van der Waals surface area contributed by atoms with E-state index in [2.05, 4.69) is 37.3 Å². The van der Waals surface area contributed by atoms with Crippen molar-refractivity contribution in [3.8, 4) is 0 Å². The molecule has 2 aliphatic rings. The number of aromatic nitrogens is 2. The molecule has 3 amide bonds. The molecule has 2 N–H and O–H groups in total. The number of anilines is 4. The minimum Gasteiger partial charge on any atom is -0.418 e. The van der Waals surface area contributed by atoms with Crippen molar-refractivity contribution >= 4 is 35.1 Å². The second kappa shape index (κ2) is 11.1. The van der Waals surface area contributed by atoms with Crippen molar-refractivity contribution in [1.82, 2.24) is 14.9 Å². The molecule has 1 aromatic carbocycles. The largest absolute Gasteiger partial charge is 0.418 e. The van der Waals surface area contributed by atoms with Gasteiger partial charge in [-0.2, -0.15) is 4.98 Å². The Morgan fingerprint density at radius 1 is 1.03 bits per heavy atom. The second-order valence-corrected chi connectivity index (χ2v) is 9.85. The first-order valence-electron chi connectivity index (χ1n) is 12.9. The van der Waals surface area contributed by atoms with Crippen LogP contribution in [0.5, 0.6) is 0 Å². The number of carbonyl (C=O) groups excluding carboxylic acids is 2. The molecular formula is C27H32FN7O3. The molecular weight excluding hydrogens is 489 g/mol. The van der Waals surface area contributed by atoms with Gasteiger partial charge in [0.2, 0.25) is 5.76 Å². The summed E-state index contributed by atoms with van der Waals surface area (Å²) in [5.74, 6) is 0.681. The number of nitrogens with one attached hydrogen (secondary N) is 2. The van der Waals surface area contributed by atoms with Gasteiger partial charge in [0.15, 0.2) is 0 Å². The van der Waals surface area contributed by atoms with E-state index in [-0.39, 0.29) is 23.4 Å². The quantitative estimate of drug-likeness (QED) is 0.514. The fraction of sp³-hybridized carbons (Fsp3) is 0.407. The number of urea groups is 1. The lowest BCUT2D eigenvalue weighted by Gasteiger charge is -2.35. The molecule has 1 unspecified atom stereocenters. The molecule has 38 heavy (non-hydrogen) atoms. The van der Waals surface area contributed by atoms with Gasteiger partial charge < -0.3 is 29.8 Å². The normalized spacial score (nSPS) is 17.9. The number of hydrogen-bond donors (Lipinski definition) is 2. The number of hydrogen-bond acceptors (Lipinski definition) is 7. The summed E-state index contributed by atoms with van der Waals surface area (Å²) < 4.78 is 19.7. The summed E-state index contributed by atoms with van der Waals surface area (Å²) in [6.07, 6.45) is 3.87. The van der Waals surface area contributed by atoms with E-state index in [1.807, 2.05) is 6.07 Å². The fourth-order valence-corrected chi connectivity index (χ4v) is 4.82. The Kier molecular flexibility index (Phi) is 7.43. The molecule has 0 bridgehead atoms. The average molecular weight is 522 g/mol. The van der Waals surface area contributed by atoms with Gasteiger partial charge in [-0.15, -0.1) is 0 Å². The Bertz CT molecular complexity index is 1290. The number of benzene rings is 1. The Labute approximate surface area is 220 Å². The summed E-state index contributed by atoms with van der Waals surface area (Å²) in [7, 11) is 0. The van der Waals surface area contributed by atoms with Gasteiger partial charge in [-0.3, -0.25) is 4.79 Å². The number of pyridine rings is 1. The minimum absolute atomic E-state index is 0.164. The number of halogens is 1. The van der Waals surface area contributed by atoms with E-state index >= 15 is 0 Å². The second-order valence-electron chi connectivity index (χ2n) is 9.85. The molecule has 0 aliphatic carbocycles. The molecule has 0 radical (unpaired) electrons. The van der Waals surface area contributed by atoms with Gasteiger partial charge in [-0.1, -0.05) is 19.1 Å². The monoisotopic (exact) mass is 521 g/mol. The number of nitrogens with zero attached hydrogens (tertiary/aromatic N) is 5. The van der Waals surface area contributed by atoms with E-state index in [0.717, 1.165) is 25.3 Å². The van der Waals surface area contributed by atoms with Gasteiger partial charge in [-0.25, -0.2) is 14.2 Å². The summed E-state index contributed by atoms with van der Waals surface area (Å²) in [5, 5.41) is 5.46. The van der Waals surface area contributed by atoms with Gasteiger partial charge in [0.25, 0.3) is 11.9 Å². The van der Waals surface area contributed by atoms with Crippen LogP contribution in [0, 0.1) is 18.7 Å². The zero-order valence-electron chi connectivity index (χ0n) is 21.6. The van der Waals surface area contributed by atoms with E-state index in [9.17, 15) is 14.0 Å². The molecule has 2 fully saturated rings. The van der Waals surface area contributed by atoms with Crippen molar-refractivity contribution in [3.63, 3.8) is 0 Å². The van der Waals surface area contributed by atoms with Gasteiger partial charge in [0.1, 0.15) is 11.6 Å². The number of rotatable bonds is 5. The molecule has 11 heteroatoms. The van der Waals surface area contributed by atoms with Crippen LogP contribution in [0.4, 0.5) is 32.4 Å². The summed E-state index contributed by atoms with van der Waals surface area (Å²) >= 11 is 0. The van der Waals surface area contributed by atoms with Crippen molar-refractivity contribution in [1.29, 1.82) is 0 Å². The molecule has 10 nitrogen and oxygen atoms in total. The van der Waals surface area contributed by atoms with Gasteiger partial charge >= 0.3 is 6.03 Å². The molecule has 5 rings (SSSR count). The van der Waals surface area contributed by atoms with E-state index in [1.165, 1.54) is 18.6 Å². The molecule has 3 aromatic rings. The molecule has 0 saturated carbocycles. The number of carbonyl (C=O) groups is 2. The van der Waals surface area contributed by atoms with Gasteiger partial charge in [-0.05, 0) is 49.9 Å². The Hall–Kier alpha value is -4.15. The van der Waals surface area contributed by atoms with Crippen LogP contribution in [0.15, 0.2) is 47.0 Å². The van der Waals surface area contributed by atoms with Crippen molar-refractivity contribution < 1.29 is 18.4 Å². The minimum atomic E-state index is -0.466. The van der Waals surface area contributed by atoms with Crippen molar-refractivity contribution in [2.45, 2.75) is 26.7 Å². The van der Waals surface area contributed by atoms with Crippen molar-refractivity contribution in [2.75, 3.05) is 59.7 Å². The third kappa shape index (κ3) is 5.71. The number of oxazole rings is 1. The number of amides is 3. The van der Waals surface area contributed by atoms with Gasteiger partial charge in [0, 0.05) is 39.3 Å². The Balaban J connectivity index is 1.14. The highest BCUT2D eigenvalue weighted by Crippen LogP contribution is 2.25. The lowest BCUT2D eigenvalue weighted by molar-refractivity contribution is 0.0996. The molecule has 4 heterocycles. The van der Waals surface area contributed by atoms with Crippen LogP contribution < -0.4 is 20.4 Å². The predicted molar refractivity (Wildman–Crippen MR) is 143 cm³/mol. The first-order chi connectivity index (χ1) is 18.4. The highest BCUT2D eigenvalue weighted by Gasteiger charge is 2.25. The first kappa shape index (κ1) is 25.5. The maximum atomic E-state index is 13.8. The standard InChI is InChI=1S/C27H32FN7O3/c1-18-6-5-11-35(17-18)27-30-19(2)24(38-27)25(36)31-20-9-10-23(29-16-20)33-12-14-34(15-13-33)26(37)32-22-8-4-3-7-21(22)28/h3-4,7-10,16,18H,5-6,11-15,17H2,1-2H3,(H,31,36)(H,32,37). The first-order valence-corrected chi connectivity index (χ1v) is 12.9. The summed E-state index contributed by atoms with van der Waals surface area (Å²) in [6.45, 7) is 7.84.